The molecule has 0 aromatic carbocycles. The molecule has 3 rings (SSSR count). The first-order chi connectivity index (χ1) is 9.34. The number of hydrogen-bond donors (Lipinski definition) is 1. The third-order valence-electron chi connectivity index (χ3n) is 5.01. The van der Waals surface area contributed by atoms with Crippen LogP contribution in [0, 0.1) is 11.8 Å². The minimum Gasteiger partial charge on any atom is -0.381 e. The van der Waals surface area contributed by atoms with Crippen molar-refractivity contribution in [2.75, 3.05) is 32.8 Å². The minimum atomic E-state index is 0.226. The fourth-order valence-electron chi connectivity index (χ4n) is 3.86. The van der Waals surface area contributed by atoms with Gasteiger partial charge in [-0.05, 0) is 51.0 Å². The maximum absolute atomic E-state index is 12.6. The Morgan fingerprint density at radius 2 is 1.95 bits per heavy atom. The molecule has 1 N–H and O–H groups in total. The second kappa shape index (κ2) is 6.23. The summed E-state index contributed by atoms with van der Waals surface area (Å²) in [6, 6.07) is 0.658. The fourth-order valence-corrected chi connectivity index (χ4v) is 3.86. The Hall–Kier alpha value is -0.610. The molecule has 0 saturated carbocycles. The van der Waals surface area contributed by atoms with Crippen LogP contribution in [-0.2, 0) is 9.53 Å². The van der Waals surface area contributed by atoms with Gasteiger partial charge in [0.25, 0.3) is 0 Å². The summed E-state index contributed by atoms with van der Waals surface area (Å²) in [7, 11) is 0. The minimum absolute atomic E-state index is 0.226. The van der Waals surface area contributed by atoms with Gasteiger partial charge in [-0.3, -0.25) is 4.79 Å². The van der Waals surface area contributed by atoms with E-state index in [0.29, 0.717) is 17.9 Å². The third kappa shape index (κ3) is 3.11. The van der Waals surface area contributed by atoms with Gasteiger partial charge in [-0.25, -0.2) is 0 Å². The monoisotopic (exact) mass is 266 g/mol. The van der Waals surface area contributed by atoms with Crippen molar-refractivity contribution >= 4 is 5.91 Å². The molecule has 3 heterocycles. The van der Waals surface area contributed by atoms with E-state index in [1.165, 1.54) is 25.7 Å². The van der Waals surface area contributed by atoms with Gasteiger partial charge in [0.05, 0.1) is 0 Å². The number of piperidine rings is 1. The van der Waals surface area contributed by atoms with E-state index >= 15 is 0 Å². The highest BCUT2D eigenvalue weighted by Crippen LogP contribution is 2.27. The lowest BCUT2D eigenvalue weighted by Gasteiger charge is -2.38. The molecule has 19 heavy (non-hydrogen) atoms. The zero-order valence-electron chi connectivity index (χ0n) is 11.8. The number of hydrogen-bond acceptors (Lipinski definition) is 3. The molecule has 0 aromatic heterocycles. The molecule has 4 heteroatoms. The summed E-state index contributed by atoms with van der Waals surface area (Å²) in [6.07, 6.45) is 6.90. The molecule has 1 amide bonds. The quantitative estimate of drug-likeness (QED) is 0.821. The molecule has 2 atom stereocenters. The lowest BCUT2D eigenvalue weighted by molar-refractivity contribution is -0.140. The van der Waals surface area contributed by atoms with Crippen LogP contribution < -0.4 is 5.32 Å². The van der Waals surface area contributed by atoms with Crippen molar-refractivity contribution in [2.45, 2.75) is 44.6 Å². The van der Waals surface area contributed by atoms with E-state index in [9.17, 15) is 4.79 Å². The molecule has 0 spiro atoms. The number of carbonyl (C=O) groups excluding carboxylic acids is 1. The highest BCUT2D eigenvalue weighted by molar-refractivity contribution is 5.79. The molecule has 3 aliphatic heterocycles. The Kier molecular flexibility index (Phi) is 4.38. The number of likely N-dealkylation sites (tertiary alicyclic amines) is 1. The Morgan fingerprint density at radius 3 is 2.68 bits per heavy atom. The second-order valence-corrected chi connectivity index (χ2v) is 6.28. The molecule has 0 bridgehead atoms. The number of carbonyl (C=O) groups is 1. The largest absolute Gasteiger partial charge is 0.381 e. The van der Waals surface area contributed by atoms with E-state index in [2.05, 4.69) is 10.2 Å². The molecule has 3 fully saturated rings. The van der Waals surface area contributed by atoms with Crippen molar-refractivity contribution in [3.05, 3.63) is 0 Å². The van der Waals surface area contributed by atoms with Crippen LogP contribution >= 0.6 is 0 Å². The molecule has 0 aromatic rings. The molecule has 4 nitrogen and oxygen atoms in total. The van der Waals surface area contributed by atoms with Gasteiger partial charge in [0.1, 0.15) is 0 Å². The van der Waals surface area contributed by atoms with Crippen LogP contribution in [0.15, 0.2) is 0 Å². The average molecular weight is 266 g/mol. The van der Waals surface area contributed by atoms with Crippen molar-refractivity contribution in [3.63, 3.8) is 0 Å². The van der Waals surface area contributed by atoms with Crippen molar-refractivity contribution in [3.8, 4) is 0 Å². The Bertz CT molecular complexity index is 309. The Balaban J connectivity index is 1.56. The molecular weight excluding hydrogens is 240 g/mol. The zero-order valence-corrected chi connectivity index (χ0v) is 11.8. The third-order valence-corrected chi connectivity index (χ3v) is 5.01. The summed E-state index contributed by atoms with van der Waals surface area (Å²) >= 11 is 0. The lowest BCUT2D eigenvalue weighted by atomic mass is 9.88. The number of amides is 1. The van der Waals surface area contributed by atoms with Gasteiger partial charge in [-0.1, -0.05) is 0 Å². The van der Waals surface area contributed by atoms with Crippen LogP contribution in [0.1, 0.15) is 38.5 Å². The van der Waals surface area contributed by atoms with Gasteiger partial charge in [0.2, 0.25) is 5.91 Å². The van der Waals surface area contributed by atoms with Gasteiger partial charge in [0, 0.05) is 38.3 Å². The van der Waals surface area contributed by atoms with Crippen LogP contribution in [0.2, 0.25) is 0 Å². The predicted molar refractivity (Wildman–Crippen MR) is 73.9 cm³/mol. The van der Waals surface area contributed by atoms with Gasteiger partial charge >= 0.3 is 0 Å². The first-order valence-corrected chi connectivity index (χ1v) is 7.94. The molecule has 108 valence electrons. The highest BCUT2D eigenvalue weighted by Gasteiger charge is 2.33. The average Bonchev–Trinajstić information content (AvgIpc) is 3.02. The summed E-state index contributed by atoms with van der Waals surface area (Å²) in [5, 5.41) is 3.61. The van der Waals surface area contributed by atoms with Crippen LogP contribution in [-0.4, -0.2) is 49.7 Å². The molecular formula is C15H26N2O2. The maximum atomic E-state index is 12.6. The first kappa shape index (κ1) is 13.4. The SMILES string of the molecule is O=C(C1CCOCC1)N1CCCC(C2CCCN2)C1. The van der Waals surface area contributed by atoms with Crippen LogP contribution in [0.5, 0.6) is 0 Å². The topological polar surface area (TPSA) is 41.6 Å². The molecule has 2 unspecified atom stereocenters. The van der Waals surface area contributed by atoms with Crippen LogP contribution in [0.4, 0.5) is 0 Å². The molecule has 3 aliphatic rings. The Morgan fingerprint density at radius 1 is 1.11 bits per heavy atom. The van der Waals surface area contributed by atoms with Crippen molar-refractivity contribution in [1.29, 1.82) is 0 Å². The maximum Gasteiger partial charge on any atom is 0.225 e. The van der Waals surface area contributed by atoms with Crippen molar-refractivity contribution < 1.29 is 9.53 Å². The predicted octanol–water partition coefficient (Wildman–Crippen LogP) is 1.40. The van der Waals surface area contributed by atoms with Crippen LogP contribution in [0.3, 0.4) is 0 Å². The van der Waals surface area contributed by atoms with Crippen LogP contribution in [0.25, 0.3) is 0 Å². The van der Waals surface area contributed by atoms with E-state index in [1.807, 2.05) is 0 Å². The van der Waals surface area contributed by atoms with Gasteiger partial charge in [-0.15, -0.1) is 0 Å². The van der Waals surface area contributed by atoms with E-state index in [-0.39, 0.29) is 5.92 Å². The van der Waals surface area contributed by atoms with Gasteiger partial charge in [0.15, 0.2) is 0 Å². The van der Waals surface area contributed by atoms with E-state index in [1.54, 1.807) is 0 Å². The molecule has 0 radical (unpaired) electrons. The summed E-state index contributed by atoms with van der Waals surface area (Å²) < 4.78 is 5.36. The highest BCUT2D eigenvalue weighted by atomic mass is 16.5. The fraction of sp³-hybridized carbons (Fsp3) is 0.933. The number of ether oxygens (including phenoxy) is 1. The smallest absolute Gasteiger partial charge is 0.225 e. The lowest BCUT2D eigenvalue weighted by Crippen LogP contribution is -2.48. The number of nitrogens with one attached hydrogen (secondary N) is 1. The summed E-state index contributed by atoms with van der Waals surface area (Å²) in [5.74, 6) is 1.30. The van der Waals surface area contributed by atoms with E-state index < -0.39 is 0 Å². The summed E-state index contributed by atoms with van der Waals surface area (Å²) in [5.41, 5.74) is 0. The van der Waals surface area contributed by atoms with Gasteiger partial charge in [-0.2, -0.15) is 0 Å². The van der Waals surface area contributed by atoms with E-state index in [0.717, 1.165) is 45.7 Å². The zero-order chi connectivity index (χ0) is 13.1. The van der Waals surface area contributed by atoms with Crippen molar-refractivity contribution in [2.24, 2.45) is 11.8 Å². The van der Waals surface area contributed by atoms with E-state index in [4.69, 9.17) is 4.74 Å². The second-order valence-electron chi connectivity index (χ2n) is 6.28. The Labute approximate surface area is 115 Å². The van der Waals surface area contributed by atoms with Crippen molar-refractivity contribution in [1.82, 2.24) is 10.2 Å². The molecule has 3 saturated heterocycles. The number of nitrogens with zero attached hydrogens (tertiary/aromatic N) is 1. The number of rotatable bonds is 2. The molecule has 0 aliphatic carbocycles. The summed E-state index contributed by atoms with van der Waals surface area (Å²) in [6.45, 7) is 4.64. The normalized spacial score (nSPS) is 33.6. The van der Waals surface area contributed by atoms with Gasteiger partial charge < -0.3 is 15.0 Å². The first-order valence-electron chi connectivity index (χ1n) is 7.94. The summed E-state index contributed by atoms with van der Waals surface area (Å²) in [4.78, 5) is 14.7. The standard InChI is InChI=1S/C15H26N2O2/c18-15(12-5-9-19-10-6-12)17-8-2-3-13(11-17)14-4-1-7-16-14/h12-14,16H,1-11H2.